The molecule has 0 aromatic heterocycles. The molecule has 192 valence electrons. The number of hydrogen-bond donors (Lipinski definition) is 1. The van der Waals surface area contributed by atoms with Gasteiger partial charge in [0.2, 0.25) is 5.91 Å². The number of amides is 1. The first kappa shape index (κ1) is 26.9. The Morgan fingerprint density at radius 1 is 0.861 bits per heavy atom. The summed E-state index contributed by atoms with van der Waals surface area (Å²) in [5, 5.41) is 2.89. The molecule has 1 atom stereocenters. The van der Waals surface area contributed by atoms with Crippen LogP contribution in [0.5, 0.6) is 17.2 Å². The lowest BCUT2D eigenvalue weighted by Gasteiger charge is -2.27. The summed E-state index contributed by atoms with van der Waals surface area (Å²) in [5.74, 6) is 1.03. The molecule has 3 rings (SSSR count). The summed E-state index contributed by atoms with van der Waals surface area (Å²) in [6.07, 6.45) is 0. The number of rotatable bonds is 10. The second kappa shape index (κ2) is 11.3. The number of aryl methyl sites for hydroxylation is 2. The Bertz CT molecular complexity index is 1320. The van der Waals surface area contributed by atoms with E-state index in [4.69, 9.17) is 14.2 Å². The minimum absolute atomic E-state index is 0.0759. The van der Waals surface area contributed by atoms with Gasteiger partial charge in [-0.1, -0.05) is 23.8 Å². The van der Waals surface area contributed by atoms with Crippen molar-refractivity contribution in [2.75, 3.05) is 32.2 Å². The van der Waals surface area contributed by atoms with E-state index in [1.54, 1.807) is 63.6 Å². The molecule has 0 saturated carbocycles. The van der Waals surface area contributed by atoms with E-state index in [0.717, 1.165) is 15.4 Å². The predicted molar refractivity (Wildman–Crippen MR) is 140 cm³/mol. The molecule has 3 aromatic rings. The molecule has 0 aliphatic heterocycles. The summed E-state index contributed by atoms with van der Waals surface area (Å²) >= 11 is 0. The van der Waals surface area contributed by atoms with E-state index in [0.29, 0.717) is 22.8 Å². The molecule has 8 nitrogen and oxygen atoms in total. The number of hydrogen-bond acceptors (Lipinski definition) is 6. The quantitative estimate of drug-likeness (QED) is 0.433. The van der Waals surface area contributed by atoms with Gasteiger partial charge in [0, 0.05) is 5.56 Å². The highest BCUT2D eigenvalue weighted by atomic mass is 32.2. The van der Waals surface area contributed by atoms with Gasteiger partial charge in [-0.2, -0.15) is 0 Å². The molecule has 0 radical (unpaired) electrons. The SMILES string of the molecule is COc1ccc(OC)c(C(C)NC(=O)CN(c2cc(C)ccc2OC)S(=O)(=O)c2ccc(C)cc2)c1. The van der Waals surface area contributed by atoms with E-state index >= 15 is 0 Å². The molecule has 1 amide bonds. The Labute approximate surface area is 212 Å². The lowest BCUT2D eigenvalue weighted by Crippen LogP contribution is -2.41. The summed E-state index contributed by atoms with van der Waals surface area (Å²) in [5.41, 5.74) is 2.73. The van der Waals surface area contributed by atoms with Crippen molar-refractivity contribution in [3.63, 3.8) is 0 Å². The second-order valence-electron chi connectivity index (χ2n) is 8.40. The Hall–Kier alpha value is -3.72. The number of nitrogens with zero attached hydrogens (tertiary/aromatic N) is 1. The van der Waals surface area contributed by atoms with Crippen LogP contribution in [-0.2, 0) is 14.8 Å². The van der Waals surface area contributed by atoms with Gasteiger partial charge >= 0.3 is 0 Å². The monoisotopic (exact) mass is 512 g/mol. The molecule has 0 fully saturated rings. The van der Waals surface area contributed by atoms with E-state index in [1.807, 2.05) is 19.9 Å². The van der Waals surface area contributed by atoms with Gasteiger partial charge in [0.25, 0.3) is 10.0 Å². The fourth-order valence-electron chi connectivity index (χ4n) is 3.81. The summed E-state index contributed by atoms with van der Waals surface area (Å²) in [4.78, 5) is 13.3. The van der Waals surface area contributed by atoms with Crippen LogP contribution in [0.1, 0.15) is 29.7 Å². The molecule has 9 heteroatoms. The zero-order valence-electron chi connectivity index (χ0n) is 21.4. The number of carbonyl (C=O) groups is 1. The highest BCUT2D eigenvalue weighted by Crippen LogP contribution is 2.34. The van der Waals surface area contributed by atoms with Crippen LogP contribution in [0.15, 0.2) is 65.6 Å². The van der Waals surface area contributed by atoms with E-state index < -0.39 is 28.5 Å². The Balaban J connectivity index is 1.99. The van der Waals surface area contributed by atoms with E-state index in [9.17, 15) is 13.2 Å². The van der Waals surface area contributed by atoms with Crippen molar-refractivity contribution in [3.8, 4) is 17.2 Å². The fourth-order valence-corrected chi connectivity index (χ4v) is 5.23. The van der Waals surface area contributed by atoms with Gasteiger partial charge < -0.3 is 19.5 Å². The van der Waals surface area contributed by atoms with Gasteiger partial charge in [-0.15, -0.1) is 0 Å². The maximum Gasteiger partial charge on any atom is 0.264 e. The van der Waals surface area contributed by atoms with Gasteiger partial charge in [0.15, 0.2) is 0 Å². The van der Waals surface area contributed by atoms with Crippen LogP contribution in [0, 0.1) is 13.8 Å². The van der Waals surface area contributed by atoms with Crippen molar-refractivity contribution in [1.82, 2.24) is 5.32 Å². The molecule has 0 aliphatic rings. The number of sulfonamides is 1. The number of carbonyl (C=O) groups excluding carboxylic acids is 1. The van der Waals surface area contributed by atoms with Crippen LogP contribution in [0.25, 0.3) is 0 Å². The standard InChI is InChI=1S/C27H32N2O6S/c1-18-7-11-22(12-8-18)36(31,32)29(24-15-19(2)9-13-26(24)35-6)17-27(30)28-20(3)23-16-21(33-4)10-14-25(23)34-5/h7-16,20H,17H2,1-6H3,(H,28,30). The molecule has 0 aliphatic carbocycles. The number of anilines is 1. The zero-order valence-corrected chi connectivity index (χ0v) is 22.2. The van der Waals surface area contributed by atoms with Crippen LogP contribution in [0.4, 0.5) is 5.69 Å². The highest BCUT2D eigenvalue weighted by molar-refractivity contribution is 7.92. The van der Waals surface area contributed by atoms with Crippen molar-refractivity contribution < 1.29 is 27.4 Å². The molecule has 0 saturated heterocycles. The molecular weight excluding hydrogens is 480 g/mol. The third kappa shape index (κ3) is 5.91. The van der Waals surface area contributed by atoms with Crippen LogP contribution in [-0.4, -0.2) is 42.2 Å². The van der Waals surface area contributed by atoms with Gasteiger partial charge in [0.05, 0.1) is 38.0 Å². The topological polar surface area (TPSA) is 94.2 Å². The average Bonchev–Trinajstić information content (AvgIpc) is 2.86. The minimum Gasteiger partial charge on any atom is -0.497 e. The minimum atomic E-state index is -4.09. The van der Waals surface area contributed by atoms with Gasteiger partial charge in [-0.25, -0.2) is 8.42 Å². The normalized spacial score (nSPS) is 11.9. The first-order valence-electron chi connectivity index (χ1n) is 11.4. The molecule has 0 spiro atoms. The van der Waals surface area contributed by atoms with E-state index in [2.05, 4.69) is 5.32 Å². The van der Waals surface area contributed by atoms with Gasteiger partial charge in [-0.05, 0) is 68.8 Å². The van der Waals surface area contributed by atoms with Crippen LogP contribution >= 0.6 is 0 Å². The molecule has 36 heavy (non-hydrogen) atoms. The van der Waals surface area contributed by atoms with Gasteiger partial charge in [0.1, 0.15) is 23.8 Å². The molecule has 3 aromatic carbocycles. The van der Waals surface area contributed by atoms with Crippen molar-refractivity contribution in [3.05, 3.63) is 77.4 Å². The Kier molecular flexibility index (Phi) is 8.47. The number of nitrogens with one attached hydrogen (secondary N) is 1. The Morgan fingerprint density at radius 2 is 1.47 bits per heavy atom. The summed E-state index contributed by atoms with van der Waals surface area (Å²) in [7, 11) is 0.464. The number of benzene rings is 3. The maximum atomic E-state index is 13.8. The molecular formula is C27H32N2O6S. The molecule has 1 N–H and O–H groups in total. The number of methoxy groups -OCH3 is 3. The van der Waals surface area contributed by atoms with E-state index in [1.165, 1.54) is 19.2 Å². The van der Waals surface area contributed by atoms with Crippen LogP contribution < -0.4 is 23.8 Å². The van der Waals surface area contributed by atoms with Crippen molar-refractivity contribution in [2.24, 2.45) is 0 Å². The molecule has 1 unspecified atom stereocenters. The van der Waals surface area contributed by atoms with Crippen molar-refractivity contribution in [2.45, 2.75) is 31.7 Å². The fraction of sp³-hybridized carbons (Fsp3) is 0.296. The van der Waals surface area contributed by atoms with Crippen LogP contribution in [0.2, 0.25) is 0 Å². The third-order valence-electron chi connectivity index (χ3n) is 5.78. The Morgan fingerprint density at radius 3 is 2.08 bits per heavy atom. The first-order valence-corrected chi connectivity index (χ1v) is 12.8. The van der Waals surface area contributed by atoms with Crippen LogP contribution in [0.3, 0.4) is 0 Å². The average molecular weight is 513 g/mol. The smallest absolute Gasteiger partial charge is 0.264 e. The summed E-state index contributed by atoms with van der Waals surface area (Å²) in [6, 6.07) is 16.5. The lowest BCUT2D eigenvalue weighted by atomic mass is 10.1. The summed E-state index contributed by atoms with van der Waals surface area (Å²) in [6.45, 7) is 5.06. The van der Waals surface area contributed by atoms with Crippen molar-refractivity contribution in [1.29, 1.82) is 0 Å². The maximum absolute atomic E-state index is 13.8. The third-order valence-corrected chi connectivity index (χ3v) is 7.55. The van der Waals surface area contributed by atoms with E-state index in [-0.39, 0.29) is 10.6 Å². The highest BCUT2D eigenvalue weighted by Gasteiger charge is 2.30. The summed E-state index contributed by atoms with van der Waals surface area (Å²) < 4.78 is 44.8. The first-order chi connectivity index (χ1) is 17.1. The molecule has 0 heterocycles. The lowest BCUT2D eigenvalue weighted by molar-refractivity contribution is -0.120. The largest absolute Gasteiger partial charge is 0.497 e. The van der Waals surface area contributed by atoms with Gasteiger partial charge in [-0.3, -0.25) is 9.10 Å². The molecule has 0 bridgehead atoms. The second-order valence-corrected chi connectivity index (χ2v) is 10.3. The van der Waals surface area contributed by atoms with Crippen molar-refractivity contribution >= 4 is 21.6 Å². The zero-order chi connectivity index (χ0) is 26.5. The number of ether oxygens (including phenoxy) is 3. The predicted octanol–water partition coefficient (Wildman–Crippen LogP) is 4.40.